The summed E-state index contributed by atoms with van der Waals surface area (Å²) >= 11 is 0. The van der Waals surface area contributed by atoms with Gasteiger partial charge >= 0.3 is 0 Å². The summed E-state index contributed by atoms with van der Waals surface area (Å²) in [6.07, 6.45) is 52.2. The number of carbonyl (C=O) groups is 4. The maximum absolute atomic E-state index is 13.8. The van der Waals surface area contributed by atoms with Crippen LogP contribution in [0.15, 0.2) is 97.8 Å². The molecule has 0 unspecified atom stereocenters. The van der Waals surface area contributed by atoms with E-state index in [1.807, 2.05) is 69.0 Å². The molecule has 16 saturated carbocycles. The van der Waals surface area contributed by atoms with Gasteiger partial charge in [0.25, 0.3) is 0 Å². The van der Waals surface area contributed by atoms with Gasteiger partial charge in [-0.2, -0.15) is 20.4 Å². The van der Waals surface area contributed by atoms with E-state index in [-0.39, 0.29) is 75.8 Å². The van der Waals surface area contributed by atoms with Gasteiger partial charge in [0.05, 0.1) is 64.4 Å². The summed E-state index contributed by atoms with van der Waals surface area (Å²) in [5.74, 6) is 16.1. The Kier molecular flexibility index (Phi) is 23.5. The quantitative estimate of drug-likeness (QED) is 0.0889. The van der Waals surface area contributed by atoms with Crippen molar-refractivity contribution in [2.75, 3.05) is 0 Å². The molecule has 0 aliphatic heterocycles. The van der Waals surface area contributed by atoms with Gasteiger partial charge in [-0.05, 0) is 453 Å². The van der Waals surface area contributed by atoms with Gasteiger partial charge in [0.1, 0.15) is 30.2 Å². The van der Waals surface area contributed by atoms with E-state index < -0.39 is 22.4 Å². The van der Waals surface area contributed by atoms with Crippen LogP contribution in [0.2, 0.25) is 0 Å². The second kappa shape index (κ2) is 34.1. The average Bonchev–Trinajstić information content (AvgIpc) is 1.51. The Bertz CT molecular complexity index is 5500. The van der Waals surface area contributed by atoms with Crippen LogP contribution in [0.1, 0.15) is 287 Å². The number of Topliss-reactive ketones (excluding diaryl/α,β-unsaturated/α-hetero) is 4. The number of nitrogens with zero attached hydrogens (tertiary/aromatic N) is 10. The van der Waals surface area contributed by atoms with Crippen LogP contribution in [-0.2, 0) is 45.4 Å². The molecule has 6 heterocycles. The van der Waals surface area contributed by atoms with Gasteiger partial charge in [-0.1, -0.05) is 27.7 Å². The van der Waals surface area contributed by atoms with Crippen molar-refractivity contribution < 1.29 is 48.4 Å². The highest BCUT2D eigenvalue weighted by atomic mass is 19.1. The molecular formula is C110H148F2N10O8. The molecular weight excluding hydrogens is 1630 g/mol. The van der Waals surface area contributed by atoms with Crippen molar-refractivity contribution in [3.05, 3.63) is 109 Å². The number of aliphatic hydroxyl groups is 4. The molecule has 4 N–H and O–H groups in total. The highest BCUT2D eigenvalue weighted by Gasteiger charge is 2.64. The minimum Gasteiger partial charge on any atom is -0.390 e. The second-order valence-electron chi connectivity index (χ2n) is 48.8. The summed E-state index contributed by atoms with van der Waals surface area (Å²) in [6, 6.07) is 17.1. The molecule has 6 aromatic heterocycles. The Morgan fingerprint density at radius 3 is 1.12 bits per heavy atom. The first kappa shape index (κ1) is 89.5. The number of benzene rings is 2. The minimum atomic E-state index is -0.471. The van der Waals surface area contributed by atoms with Gasteiger partial charge in [0, 0.05) is 70.7 Å². The summed E-state index contributed by atoms with van der Waals surface area (Å²) in [5, 5.41) is 63.1. The lowest BCUT2D eigenvalue weighted by molar-refractivity contribution is -0.133. The lowest BCUT2D eigenvalue weighted by Gasteiger charge is -2.56. The van der Waals surface area contributed by atoms with E-state index in [9.17, 15) is 48.4 Å². The van der Waals surface area contributed by atoms with Gasteiger partial charge in [0.2, 0.25) is 0 Å². The Labute approximate surface area is 768 Å². The molecule has 16 aliphatic rings. The maximum atomic E-state index is 13.8. The fraction of sp³-hybridized carbons (Fsp3) is 0.727. The van der Waals surface area contributed by atoms with Gasteiger partial charge in [-0.15, -0.1) is 0 Å². The molecule has 0 bridgehead atoms. The number of hydrogen-bond donors (Lipinski definition) is 4. The first-order valence-electron chi connectivity index (χ1n) is 52.0. The van der Waals surface area contributed by atoms with Crippen molar-refractivity contribution >= 4 is 67.0 Å². The Balaban J connectivity index is 0.000000105. The zero-order valence-corrected chi connectivity index (χ0v) is 79.0. The highest BCUT2D eigenvalue weighted by molar-refractivity contribution is 5.87. The fourth-order valence-electron chi connectivity index (χ4n) is 35.8. The van der Waals surface area contributed by atoms with E-state index in [1.165, 1.54) is 159 Å². The van der Waals surface area contributed by atoms with E-state index >= 15 is 0 Å². The number of hydrogen-bond acceptors (Lipinski definition) is 14. The monoisotopic (exact) mass is 1780 g/mol. The number of carbonyl (C=O) groups excluding carboxylic acids is 4. The molecule has 32 atom stereocenters. The van der Waals surface area contributed by atoms with Crippen LogP contribution in [0.3, 0.4) is 0 Å². The summed E-state index contributed by atoms with van der Waals surface area (Å²) in [4.78, 5) is 62.8. The molecule has 0 spiro atoms. The number of aromatic nitrogens is 10. The summed E-state index contributed by atoms with van der Waals surface area (Å²) in [6.45, 7) is 19.1. The Morgan fingerprint density at radius 1 is 0.338 bits per heavy atom. The average molecular weight is 1780 g/mol. The molecule has 24 rings (SSSR count). The molecule has 700 valence electrons. The number of rotatable bonds is 12. The summed E-state index contributed by atoms with van der Waals surface area (Å²) in [5.41, 5.74) is 2.50. The molecule has 8 aromatic rings. The van der Waals surface area contributed by atoms with E-state index in [0.29, 0.717) is 88.8 Å². The van der Waals surface area contributed by atoms with Crippen molar-refractivity contribution in [1.82, 2.24) is 49.1 Å². The Hall–Kier alpha value is -7.00. The van der Waals surface area contributed by atoms with E-state index in [0.717, 1.165) is 200 Å². The second-order valence-corrected chi connectivity index (χ2v) is 48.8. The maximum Gasteiger partial charge on any atom is 0.181 e. The zero-order chi connectivity index (χ0) is 90.1. The van der Waals surface area contributed by atoms with Crippen molar-refractivity contribution in [2.24, 2.45) is 164 Å². The van der Waals surface area contributed by atoms with Crippen LogP contribution in [0.25, 0.3) is 43.9 Å². The van der Waals surface area contributed by atoms with Crippen molar-refractivity contribution in [1.29, 1.82) is 0 Å². The molecule has 18 nitrogen and oxygen atoms in total. The van der Waals surface area contributed by atoms with Crippen molar-refractivity contribution in [3.63, 3.8) is 0 Å². The third kappa shape index (κ3) is 16.3. The molecule has 0 saturated heterocycles. The van der Waals surface area contributed by atoms with Gasteiger partial charge in [0.15, 0.2) is 28.8 Å². The van der Waals surface area contributed by atoms with E-state index in [1.54, 1.807) is 51.0 Å². The van der Waals surface area contributed by atoms with Crippen LogP contribution in [0, 0.1) is 175 Å². The van der Waals surface area contributed by atoms with Crippen molar-refractivity contribution in [3.8, 4) is 0 Å². The number of fused-ring (bicyclic) bond motifs is 24. The molecule has 0 amide bonds. The largest absolute Gasteiger partial charge is 0.390 e. The minimum absolute atomic E-state index is 0.0828. The fourth-order valence-corrected chi connectivity index (χ4v) is 35.8. The Morgan fingerprint density at radius 2 is 0.692 bits per heavy atom. The SMILES string of the molecule is C[C@@]1(O)CC[C@H]2[C@H](CC[C@@H]3[C@@H]2CC[C@]2(C)[C@@H](C(=O)Cn4cc5ccc(F)cc5n4)CC[C@@H]32)C1.C[C@@]1(O)CC[C@H]2[C@H](CC[C@@H]3[C@@H]2CC[C@]2(C)[C@@H](C(=O)Cn4cc5cccnc5n4)CC[C@@H]32)C1.C[C@@]1(O)CC[C@H]2[C@H](CC[C@@H]3[C@@H]2CC[C@]2(C)[C@@H](C(=O)Cn4ncc5ccc(F)cc54)CC[C@@H]32)C1.C[C@@]1(O)CC[C@H]2[C@H](CC[C@@H]3[C@@H]2CC[C@]2(C)[C@@H](C(=O)Cn4ncc5ncccc54)CC[C@@H]32)C1. The summed E-state index contributed by atoms with van der Waals surface area (Å²) < 4.78 is 34.4. The predicted octanol–water partition coefficient (Wildman–Crippen LogP) is 21.6. The highest BCUT2D eigenvalue weighted by Crippen LogP contribution is 2.70. The number of ketones is 4. The smallest absolute Gasteiger partial charge is 0.181 e. The van der Waals surface area contributed by atoms with Gasteiger partial charge < -0.3 is 20.4 Å². The normalized spacial score (nSPS) is 43.0. The van der Waals surface area contributed by atoms with Gasteiger partial charge in [-0.3, -0.25) is 42.9 Å². The lowest BCUT2D eigenvalue weighted by atomic mass is 9.49. The van der Waals surface area contributed by atoms with Crippen molar-refractivity contribution in [2.45, 2.75) is 335 Å². The number of pyridine rings is 2. The zero-order valence-electron chi connectivity index (χ0n) is 79.0. The lowest BCUT2D eigenvalue weighted by Crippen LogP contribution is -2.51. The standard InChI is InChI=1S/2C28H37FN2O2.2C27H37N3O2/c1-27(33)11-9-20-17(14-27)4-6-22-21(20)10-12-28(2)23(22)7-8-24(28)26(32)16-31-15-18-3-5-19(29)13-25(18)30-31;1-27(33)11-9-20-17(14-27)4-6-22-21(20)10-12-28(2)23(22)7-8-24(28)26(32)16-31-25-13-19(29)5-3-18(25)15-30-31;1-26(32)11-9-18-17(14-26)5-6-20-19(18)10-12-27(2)21(20)7-8-22(27)25(31)16-30-24-4-3-13-28-23(24)15-29-30;1-26(32)11-9-19-17(14-26)5-6-21-20(19)10-12-27(2)22(21)7-8-23(27)24(31)16-30-15-18-4-3-13-28-25(18)29-30/h2*3,5,13,15,17,20-24,33H,4,6-12,14,16H2,1-2H3;3-4,13,15,17-22,32H,5-12,14,16H2,1-2H3;3-4,13,15,17,19-23,32H,5-12,14,16H2,1-2H3/t2*17-,20+,21-,22-,23+,24-,27-,28+;17-,18+,19-,20-,21+,22-,26-,27+;17-,19+,20-,21-,22+,23-,26-,27+/m1111/s1. The third-order valence-electron chi connectivity index (χ3n) is 41.6. The molecule has 16 fully saturated rings. The molecule has 0 radical (unpaired) electrons. The van der Waals surface area contributed by atoms with Crippen LogP contribution >= 0.6 is 0 Å². The van der Waals surface area contributed by atoms with Crippen LogP contribution in [-0.4, -0.2) is 115 Å². The first-order valence-corrected chi connectivity index (χ1v) is 52.0. The third-order valence-corrected chi connectivity index (χ3v) is 41.6. The molecule has 130 heavy (non-hydrogen) atoms. The summed E-state index contributed by atoms with van der Waals surface area (Å²) in [7, 11) is 0. The van der Waals surface area contributed by atoms with Crippen LogP contribution in [0.4, 0.5) is 8.78 Å². The first-order chi connectivity index (χ1) is 62.2. The van der Waals surface area contributed by atoms with E-state index in [4.69, 9.17) is 0 Å². The molecule has 2 aromatic carbocycles. The van der Waals surface area contributed by atoms with Crippen LogP contribution in [0.5, 0.6) is 0 Å². The van der Waals surface area contributed by atoms with Gasteiger partial charge in [-0.25, -0.2) is 13.8 Å². The predicted molar refractivity (Wildman–Crippen MR) is 499 cm³/mol. The van der Waals surface area contributed by atoms with E-state index in [2.05, 4.69) is 58.1 Å². The molecule has 16 aliphatic carbocycles. The molecule has 20 heteroatoms. The van der Waals surface area contributed by atoms with Crippen LogP contribution < -0.4 is 0 Å². The number of halogens is 2. The topological polar surface area (TPSA) is 246 Å².